The number of hydrogen-bond acceptors (Lipinski definition) is 4. The van der Waals surface area contributed by atoms with Gasteiger partial charge in [0.25, 0.3) is 5.91 Å². The molecule has 0 saturated heterocycles. The van der Waals surface area contributed by atoms with Gasteiger partial charge in [-0.2, -0.15) is 0 Å². The summed E-state index contributed by atoms with van der Waals surface area (Å²) in [7, 11) is 3.14. The van der Waals surface area contributed by atoms with Gasteiger partial charge in [0.15, 0.2) is 11.5 Å². The first-order chi connectivity index (χ1) is 12.9. The lowest BCUT2D eigenvalue weighted by molar-refractivity contribution is -0.111. The van der Waals surface area contributed by atoms with Crippen LogP contribution in [0, 0.1) is 0 Å². The van der Waals surface area contributed by atoms with E-state index in [2.05, 4.69) is 10.6 Å². The van der Waals surface area contributed by atoms with Gasteiger partial charge >= 0.3 is 0 Å². The van der Waals surface area contributed by atoms with Crippen molar-refractivity contribution in [2.45, 2.75) is 20.0 Å². The van der Waals surface area contributed by atoms with E-state index in [-0.39, 0.29) is 17.9 Å². The van der Waals surface area contributed by atoms with E-state index in [0.29, 0.717) is 22.7 Å². The van der Waals surface area contributed by atoms with E-state index in [0.717, 1.165) is 5.56 Å². The molecule has 6 nitrogen and oxygen atoms in total. The molecule has 0 aliphatic heterocycles. The van der Waals surface area contributed by atoms with Crippen LogP contribution in [0.25, 0.3) is 6.08 Å². The van der Waals surface area contributed by atoms with Gasteiger partial charge < -0.3 is 20.1 Å². The third-order valence-corrected chi connectivity index (χ3v) is 3.62. The summed E-state index contributed by atoms with van der Waals surface area (Å²) in [6.45, 7) is 3.89. The van der Waals surface area contributed by atoms with Crippen LogP contribution in [-0.4, -0.2) is 32.1 Å². The van der Waals surface area contributed by atoms with Crippen molar-refractivity contribution in [3.63, 3.8) is 0 Å². The van der Waals surface area contributed by atoms with Gasteiger partial charge in [-0.1, -0.05) is 6.07 Å². The molecule has 0 radical (unpaired) electrons. The summed E-state index contributed by atoms with van der Waals surface area (Å²) < 4.78 is 11.0. The Hall–Kier alpha value is -3.28. The van der Waals surface area contributed by atoms with E-state index >= 15 is 0 Å². The molecule has 2 amide bonds. The van der Waals surface area contributed by atoms with Crippen LogP contribution in [0.1, 0.15) is 29.8 Å². The second-order valence-electron chi connectivity index (χ2n) is 6.06. The maximum atomic E-state index is 12.1. The van der Waals surface area contributed by atoms with Crippen molar-refractivity contribution in [3.05, 3.63) is 59.7 Å². The zero-order valence-corrected chi connectivity index (χ0v) is 15.9. The number of methoxy groups -OCH3 is 1. The summed E-state index contributed by atoms with van der Waals surface area (Å²) >= 11 is 0. The van der Waals surface area contributed by atoms with Crippen LogP contribution >= 0.6 is 0 Å². The van der Waals surface area contributed by atoms with Gasteiger partial charge in [0.1, 0.15) is 0 Å². The van der Waals surface area contributed by atoms with E-state index in [1.165, 1.54) is 6.08 Å². The van der Waals surface area contributed by atoms with Gasteiger partial charge in [-0.3, -0.25) is 9.59 Å². The van der Waals surface area contributed by atoms with Crippen molar-refractivity contribution in [3.8, 4) is 11.5 Å². The highest BCUT2D eigenvalue weighted by atomic mass is 16.5. The molecule has 6 heteroatoms. The van der Waals surface area contributed by atoms with Gasteiger partial charge in [0.05, 0.1) is 13.2 Å². The number of ether oxygens (including phenoxy) is 2. The lowest BCUT2D eigenvalue weighted by Gasteiger charge is -2.13. The zero-order chi connectivity index (χ0) is 19.8. The van der Waals surface area contributed by atoms with Gasteiger partial charge in [-0.05, 0) is 61.9 Å². The molecule has 0 atom stereocenters. The summed E-state index contributed by atoms with van der Waals surface area (Å²) in [5.41, 5.74) is 1.95. The number of carbonyl (C=O) groups is 2. The molecule has 0 spiro atoms. The second-order valence-corrected chi connectivity index (χ2v) is 6.06. The molecule has 2 rings (SSSR count). The summed E-state index contributed by atoms with van der Waals surface area (Å²) in [6, 6.07) is 12.1. The first-order valence-electron chi connectivity index (χ1n) is 8.59. The number of anilines is 1. The normalized spacial score (nSPS) is 10.7. The summed E-state index contributed by atoms with van der Waals surface area (Å²) in [6.07, 6.45) is 3.17. The first kappa shape index (κ1) is 20.0. The van der Waals surface area contributed by atoms with E-state index in [9.17, 15) is 9.59 Å². The van der Waals surface area contributed by atoms with Gasteiger partial charge in [-0.25, -0.2) is 0 Å². The Morgan fingerprint density at radius 2 is 1.74 bits per heavy atom. The second kappa shape index (κ2) is 9.43. The van der Waals surface area contributed by atoms with E-state index in [1.54, 1.807) is 50.6 Å². The fourth-order valence-corrected chi connectivity index (χ4v) is 2.34. The van der Waals surface area contributed by atoms with Gasteiger partial charge in [0, 0.05) is 24.4 Å². The molecule has 0 saturated carbocycles. The Bertz CT molecular complexity index is 827. The molecule has 0 bridgehead atoms. The number of benzene rings is 2. The SMILES string of the molecule is CNC(=O)c1ccc(NC(=O)C=Cc2ccc(OC(C)C)c(OC)c2)cc1. The summed E-state index contributed by atoms with van der Waals surface area (Å²) in [5, 5.41) is 5.30. The van der Waals surface area contributed by atoms with Crippen molar-refractivity contribution in [2.75, 3.05) is 19.5 Å². The van der Waals surface area contributed by atoms with Crippen LogP contribution in [0.2, 0.25) is 0 Å². The highest BCUT2D eigenvalue weighted by Gasteiger charge is 2.07. The van der Waals surface area contributed by atoms with Crippen molar-refractivity contribution >= 4 is 23.6 Å². The predicted molar refractivity (Wildman–Crippen MR) is 106 cm³/mol. The maximum Gasteiger partial charge on any atom is 0.251 e. The minimum atomic E-state index is -0.274. The molecule has 0 aliphatic rings. The number of amides is 2. The predicted octanol–water partition coefficient (Wildman–Crippen LogP) is 3.49. The molecule has 27 heavy (non-hydrogen) atoms. The minimum Gasteiger partial charge on any atom is -0.493 e. The van der Waals surface area contributed by atoms with Crippen molar-refractivity contribution in [2.24, 2.45) is 0 Å². The fourth-order valence-electron chi connectivity index (χ4n) is 2.34. The van der Waals surface area contributed by atoms with Crippen LogP contribution in [-0.2, 0) is 4.79 Å². The highest BCUT2D eigenvalue weighted by Crippen LogP contribution is 2.29. The summed E-state index contributed by atoms with van der Waals surface area (Å²) in [4.78, 5) is 23.6. The van der Waals surface area contributed by atoms with Crippen molar-refractivity contribution in [1.82, 2.24) is 5.32 Å². The number of nitrogens with one attached hydrogen (secondary N) is 2. The standard InChI is InChI=1S/C21H24N2O4/c1-14(2)27-18-11-5-15(13-19(18)26-4)6-12-20(24)23-17-9-7-16(8-10-17)21(25)22-3/h5-14H,1-4H3,(H,22,25)(H,23,24). The Kier molecular flexibility index (Phi) is 7.00. The molecular formula is C21H24N2O4. The van der Waals surface area contributed by atoms with Gasteiger partial charge in [-0.15, -0.1) is 0 Å². The van der Waals surface area contributed by atoms with Crippen LogP contribution in [0.3, 0.4) is 0 Å². The summed E-state index contributed by atoms with van der Waals surface area (Å²) in [5.74, 6) is 0.817. The average Bonchev–Trinajstić information content (AvgIpc) is 2.66. The third-order valence-electron chi connectivity index (χ3n) is 3.62. The molecule has 0 unspecified atom stereocenters. The number of rotatable bonds is 7. The highest BCUT2D eigenvalue weighted by molar-refractivity contribution is 6.02. The molecule has 2 aromatic carbocycles. The average molecular weight is 368 g/mol. The molecule has 2 aromatic rings. The quantitative estimate of drug-likeness (QED) is 0.734. The third kappa shape index (κ3) is 5.88. The molecule has 0 aliphatic carbocycles. The molecule has 142 valence electrons. The first-order valence-corrected chi connectivity index (χ1v) is 8.59. The lowest BCUT2D eigenvalue weighted by Crippen LogP contribution is -2.17. The Morgan fingerprint density at radius 3 is 2.33 bits per heavy atom. The number of hydrogen-bond donors (Lipinski definition) is 2. The van der Waals surface area contributed by atoms with Crippen LogP contribution in [0.15, 0.2) is 48.5 Å². The smallest absolute Gasteiger partial charge is 0.251 e. The van der Waals surface area contributed by atoms with E-state index in [4.69, 9.17) is 9.47 Å². The van der Waals surface area contributed by atoms with Crippen LogP contribution < -0.4 is 20.1 Å². The van der Waals surface area contributed by atoms with Crippen molar-refractivity contribution in [1.29, 1.82) is 0 Å². The Balaban J connectivity index is 2.02. The van der Waals surface area contributed by atoms with Crippen molar-refractivity contribution < 1.29 is 19.1 Å². The monoisotopic (exact) mass is 368 g/mol. The minimum absolute atomic E-state index is 0.0425. The zero-order valence-electron chi connectivity index (χ0n) is 15.9. The molecular weight excluding hydrogens is 344 g/mol. The molecule has 0 fully saturated rings. The van der Waals surface area contributed by atoms with E-state index < -0.39 is 0 Å². The van der Waals surface area contributed by atoms with Crippen LogP contribution in [0.4, 0.5) is 5.69 Å². The Labute approximate surface area is 159 Å². The Morgan fingerprint density at radius 1 is 1.04 bits per heavy atom. The maximum absolute atomic E-state index is 12.1. The molecule has 0 aromatic heterocycles. The van der Waals surface area contributed by atoms with Crippen LogP contribution in [0.5, 0.6) is 11.5 Å². The molecule has 0 heterocycles. The van der Waals surface area contributed by atoms with Gasteiger partial charge in [0.2, 0.25) is 5.91 Å². The lowest BCUT2D eigenvalue weighted by atomic mass is 10.1. The largest absolute Gasteiger partial charge is 0.493 e. The fraction of sp³-hybridized carbons (Fsp3) is 0.238. The number of carbonyl (C=O) groups excluding carboxylic acids is 2. The van der Waals surface area contributed by atoms with E-state index in [1.807, 2.05) is 26.0 Å². The topological polar surface area (TPSA) is 76.7 Å². The molecule has 2 N–H and O–H groups in total.